The Morgan fingerprint density at radius 1 is 1.44 bits per heavy atom. The maximum absolute atomic E-state index is 6.06. The molecular formula is C10H10ClN3O2. The lowest BCUT2D eigenvalue weighted by molar-refractivity contribution is 0.415. The summed E-state index contributed by atoms with van der Waals surface area (Å²) >= 11 is 6.06. The maximum Gasteiger partial charge on any atom is 0.249 e. The van der Waals surface area contributed by atoms with Crippen LogP contribution >= 0.6 is 11.6 Å². The van der Waals surface area contributed by atoms with Crippen LogP contribution in [-0.2, 0) is 6.54 Å². The first-order valence-corrected chi connectivity index (χ1v) is 4.98. The highest BCUT2D eigenvalue weighted by atomic mass is 35.5. The van der Waals surface area contributed by atoms with Gasteiger partial charge >= 0.3 is 0 Å². The Kier molecular flexibility index (Phi) is 3.07. The average molecular weight is 240 g/mol. The molecule has 1 heterocycles. The third-order valence-electron chi connectivity index (χ3n) is 2.05. The maximum atomic E-state index is 6.06. The minimum Gasteiger partial charge on any atom is -0.497 e. The van der Waals surface area contributed by atoms with Crippen LogP contribution in [0.15, 0.2) is 22.6 Å². The molecule has 0 aliphatic heterocycles. The third-order valence-corrected chi connectivity index (χ3v) is 2.36. The Balaban J connectivity index is 2.40. The first-order valence-electron chi connectivity index (χ1n) is 4.61. The number of benzene rings is 1. The molecule has 0 bridgehead atoms. The van der Waals surface area contributed by atoms with Crippen LogP contribution in [0.2, 0.25) is 5.02 Å². The van der Waals surface area contributed by atoms with Crippen molar-refractivity contribution in [2.45, 2.75) is 6.54 Å². The normalized spacial score (nSPS) is 10.4. The molecule has 0 atom stereocenters. The predicted molar refractivity (Wildman–Crippen MR) is 59.2 cm³/mol. The zero-order valence-corrected chi connectivity index (χ0v) is 9.36. The minimum atomic E-state index is 0.209. The van der Waals surface area contributed by atoms with Crippen molar-refractivity contribution in [1.29, 1.82) is 0 Å². The van der Waals surface area contributed by atoms with Gasteiger partial charge in [-0.1, -0.05) is 11.6 Å². The van der Waals surface area contributed by atoms with E-state index in [1.807, 2.05) is 0 Å². The van der Waals surface area contributed by atoms with E-state index < -0.39 is 0 Å². The van der Waals surface area contributed by atoms with Gasteiger partial charge in [-0.15, -0.1) is 10.2 Å². The van der Waals surface area contributed by atoms with E-state index in [4.69, 9.17) is 26.5 Å². The SMILES string of the molecule is COc1ccc(-c2nnc(CN)o2)c(Cl)c1. The molecule has 0 aliphatic carbocycles. The molecule has 0 unspecified atom stereocenters. The van der Waals surface area contributed by atoms with Crippen molar-refractivity contribution in [2.24, 2.45) is 5.73 Å². The topological polar surface area (TPSA) is 74.2 Å². The number of rotatable bonds is 3. The van der Waals surface area contributed by atoms with Crippen LogP contribution in [0.25, 0.3) is 11.5 Å². The van der Waals surface area contributed by atoms with Crippen molar-refractivity contribution >= 4 is 11.6 Å². The van der Waals surface area contributed by atoms with E-state index in [2.05, 4.69) is 10.2 Å². The Morgan fingerprint density at radius 3 is 2.81 bits per heavy atom. The molecule has 1 aromatic carbocycles. The van der Waals surface area contributed by atoms with Gasteiger partial charge in [-0.3, -0.25) is 0 Å². The molecule has 0 spiro atoms. The van der Waals surface area contributed by atoms with Crippen LogP contribution in [0, 0.1) is 0 Å². The van der Waals surface area contributed by atoms with Gasteiger partial charge in [0, 0.05) is 0 Å². The van der Waals surface area contributed by atoms with Crippen molar-refractivity contribution in [2.75, 3.05) is 7.11 Å². The Labute approximate surface area is 97.2 Å². The molecule has 5 nitrogen and oxygen atoms in total. The second-order valence-electron chi connectivity index (χ2n) is 3.05. The van der Waals surface area contributed by atoms with E-state index in [9.17, 15) is 0 Å². The molecular weight excluding hydrogens is 230 g/mol. The molecule has 0 saturated carbocycles. The quantitative estimate of drug-likeness (QED) is 0.885. The molecule has 16 heavy (non-hydrogen) atoms. The van der Waals surface area contributed by atoms with Gasteiger partial charge in [0.2, 0.25) is 11.8 Å². The molecule has 2 aromatic rings. The van der Waals surface area contributed by atoms with Gasteiger partial charge in [0.1, 0.15) is 5.75 Å². The van der Waals surface area contributed by atoms with Crippen LogP contribution in [-0.4, -0.2) is 17.3 Å². The summed E-state index contributed by atoms with van der Waals surface area (Å²) in [5.74, 6) is 1.40. The summed E-state index contributed by atoms with van der Waals surface area (Å²) in [5, 5.41) is 8.11. The largest absolute Gasteiger partial charge is 0.497 e. The van der Waals surface area contributed by atoms with Gasteiger partial charge in [0.25, 0.3) is 0 Å². The molecule has 0 fully saturated rings. The molecule has 0 amide bonds. The number of ether oxygens (including phenoxy) is 1. The fraction of sp³-hybridized carbons (Fsp3) is 0.200. The predicted octanol–water partition coefficient (Wildman–Crippen LogP) is 1.86. The van der Waals surface area contributed by atoms with E-state index >= 15 is 0 Å². The highest BCUT2D eigenvalue weighted by Crippen LogP contribution is 2.30. The van der Waals surface area contributed by atoms with Crippen LogP contribution in [0.4, 0.5) is 0 Å². The van der Waals surface area contributed by atoms with Gasteiger partial charge in [0.05, 0.1) is 24.2 Å². The lowest BCUT2D eigenvalue weighted by atomic mass is 10.2. The fourth-order valence-corrected chi connectivity index (χ4v) is 1.49. The number of nitrogens with two attached hydrogens (primary N) is 1. The monoisotopic (exact) mass is 239 g/mol. The van der Waals surface area contributed by atoms with Crippen molar-refractivity contribution in [3.63, 3.8) is 0 Å². The first kappa shape index (κ1) is 10.9. The van der Waals surface area contributed by atoms with Crippen molar-refractivity contribution in [1.82, 2.24) is 10.2 Å². The Hall–Kier alpha value is -1.59. The summed E-state index contributed by atoms with van der Waals surface area (Å²) in [6.07, 6.45) is 0. The second kappa shape index (κ2) is 4.51. The third kappa shape index (κ3) is 2.00. The fourth-order valence-electron chi connectivity index (χ4n) is 1.24. The number of halogens is 1. The summed E-state index contributed by atoms with van der Waals surface area (Å²) < 4.78 is 10.3. The summed E-state index contributed by atoms with van der Waals surface area (Å²) in [7, 11) is 1.57. The zero-order chi connectivity index (χ0) is 11.5. The lowest BCUT2D eigenvalue weighted by Gasteiger charge is -2.02. The van der Waals surface area contributed by atoms with Gasteiger partial charge < -0.3 is 14.9 Å². The van der Waals surface area contributed by atoms with E-state index in [0.29, 0.717) is 28.1 Å². The minimum absolute atomic E-state index is 0.209. The molecule has 0 saturated heterocycles. The average Bonchev–Trinajstić information content (AvgIpc) is 2.77. The summed E-state index contributed by atoms with van der Waals surface area (Å²) in [5.41, 5.74) is 6.04. The zero-order valence-electron chi connectivity index (χ0n) is 8.61. The first-order chi connectivity index (χ1) is 7.74. The molecule has 2 rings (SSSR count). The molecule has 1 aromatic heterocycles. The number of hydrogen-bond acceptors (Lipinski definition) is 5. The Morgan fingerprint density at radius 2 is 2.25 bits per heavy atom. The van der Waals surface area contributed by atoms with Crippen LogP contribution in [0.3, 0.4) is 0 Å². The van der Waals surface area contributed by atoms with E-state index in [0.717, 1.165) is 0 Å². The Bertz CT molecular complexity index is 499. The van der Waals surface area contributed by atoms with Crippen molar-refractivity contribution < 1.29 is 9.15 Å². The molecule has 2 N–H and O–H groups in total. The molecule has 84 valence electrons. The van der Waals surface area contributed by atoms with Crippen LogP contribution < -0.4 is 10.5 Å². The summed E-state index contributed by atoms with van der Waals surface area (Å²) in [6.45, 7) is 0.209. The smallest absolute Gasteiger partial charge is 0.249 e. The highest BCUT2D eigenvalue weighted by Gasteiger charge is 2.11. The van der Waals surface area contributed by atoms with E-state index in [1.165, 1.54) is 0 Å². The number of nitrogens with zero attached hydrogens (tertiary/aromatic N) is 2. The van der Waals surface area contributed by atoms with Gasteiger partial charge in [-0.2, -0.15) is 0 Å². The van der Waals surface area contributed by atoms with E-state index in [1.54, 1.807) is 25.3 Å². The number of methoxy groups -OCH3 is 1. The van der Waals surface area contributed by atoms with Crippen LogP contribution in [0.5, 0.6) is 5.75 Å². The standard InChI is InChI=1S/C10H10ClN3O2/c1-15-6-2-3-7(8(11)4-6)10-14-13-9(5-12)16-10/h2-4H,5,12H2,1H3. The van der Waals surface area contributed by atoms with Gasteiger partial charge in [-0.05, 0) is 18.2 Å². The van der Waals surface area contributed by atoms with Gasteiger partial charge in [-0.25, -0.2) is 0 Å². The highest BCUT2D eigenvalue weighted by molar-refractivity contribution is 6.33. The van der Waals surface area contributed by atoms with Crippen molar-refractivity contribution in [3.05, 3.63) is 29.1 Å². The molecule has 0 aliphatic rings. The molecule has 0 radical (unpaired) electrons. The van der Waals surface area contributed by atoms with Gasteiger partial charge in [0.15, 0.2) is 0 Å². The van der Waals surface area contributed by atoms with Crippen molar-refractivity contribution in [3.8, 4) is 17.2 Å². The lowest BCUT2D eigenvalue weighted by Crippen LogP contribution is -1.95. The number of hydrogen-bond donors (Lipinski definition) is 1. The van der Waals surface area contributed by atoms with Crippen LogP contribution in [0.1, 0.15) is 5.89 Å². The summed E-state index contributed by atoms with van der Waals surface area (Å²) in [4.78, 5) is 0. The molecule has 6 heteroatoms. The second-order valence-corrected chi connectivity index (χ2v) is 3.46. The summed E-state index contributed by atoms with van der Waals surface area (Å²) in [6, 6.07) is 5.21. The number of aromatic nitrogens is 2. The van der Waals surface area contributed by atoms with E-state index in [-0.39, 0.29) is 6.54 Å².